The van der Waals surface area contributed by atoms with Gasteiger partial charge in [0.1, 0.15) is 25.0 Å². The van der Waals surface area contributed by atoms with Gasteiger partial charge in [0, 0.05) is 45.9 Å². The van der Waals surface area contributed by atoms with Crippen LogP contribution in [0.2, 0.25) is 10.0 Å². The number of hydrogen-bond donors (Lipinski definition) is 1. The predicted molar refractivity (Wildman–Crippen MR) is 176 cm³/mol. The minimum absolute atomic E-state index is 0.107. The zero-order chi connectivity index (χ0) is 32.7. The highest BCUT2D eigenvalue weighted by Gasteiger charge is 2.48. The van der Waals surface area contributed by atoms with E-state index < -0.39 is 18.1 Å². The van der Waals surface area contributed by atoms with Crippen molar-refractivity contribution in [3.63, 3.8) is 0 Å². The number of fused-ring (bicyclic) bond motifs is 3. The van der Waals surface area contributed by atoms with Crippen LogP contribution in [0, 0.1) is 12.8 Å². The number of rotatable bonds is 9. The van der Waals surface area contributed by atoms with Gasteiger partial charge in [-0.1, -0.05) is 41.4 Å². The zero-order valence-electron chi connectivity index (χ0n) is 25.6. The zero-order valence-corrected chi connectivity index (χ0v) is 27.1. The first-order chi connectivity index (χ1) is 22.8. The second-order valence-electron chi connectivity index (χ2n) is 12.0. The van der Waals surface area contributed by atoms with Crippen LogP contribution in [0.4, 0.5) is 10.5 Å². The quantitative estimate of drug-likeness (QED) is 0.162. The molecule has 0 unspecified atom stereocenters. The highest BCUT2D eigenvalue weighted by molar-refractivity contribution is 6.31. The van der Waals surface area contributed by atoms with Crippen molar-refractivity contribution < 1.29 is 28.6 Å². The van der Waals surface area contributed by atoms with Gasteiger partial charge in [-0.2, -0.15) is 5.10 Å². The first-order valence-corrected chi connectivity index (χ1v) is 16.3. The summed E-state index contributed by atoms with van der Waals surface area (Å²) in [7, 11) is 0. The van der Waals surface area contributed by atoms with Gasteiger partial charge in [-0.3, -0.25) is 14.4 Å². The maximum absolute atomic E-state index is 13.3. The van der Waals surface area contributed by atoms with E-state index in [9.17, 15) is 14.4 Å². The Bertz CT molecular complexity index is 1880. The van der Waals surface area contributed by atoms with Crippen molar-refractivity contribution in [2.45, 2.75) is 38.3 Å². The van der Waals surface area contributed by atoms with Gasteiger partial charge in [-0.25, -0.2) is 9.59 Å². The SMILES string of the molecule is Cc1c(Cl)cccc1OCCOC(=O)N1C[C@@H]2C[C@@H]2c2c(-c3cnn(Cc4cc(C(=O)N[C@H]5CCOC5=O)ccc4Cl)c3)cccc21. The molecule has 1 saturated carbocycles. The number of halogens is 2. The third kappa shape index (κ3) is 6.40. The van der Waals surface area contributed by atoms with Gasteiger partial charge in [-0.05, 0) is 78.3 Å². The first-order valence-electron chi connectivity index (χ1n) is 15.5. The van der Waals surface area contributed by atoms with E-state index >= 15 is 0 Å². The lowest BCUT2D eigenvalue weighted by Crippen LogP contribution is -2.37. The van der Waals surface area contributed by atoms with E-state index in [0.29, 0.717) is 64.9 Å². The smallest absolute Gasteiger partial charge is 0.414 e. The minimum Gasteiger partial charge on any atom is -0.490 e. The van der Waals surface area contributed by atoms with Crippen LogP contribution in [0.3, 0.4) is 0 Å². The molecule has 10 nitrogen and oxygen atoms in total. The number of hydrogen-bond acceptors (Lipinski definition) is 7. The Balaban J connectivity index is 1.04. The molecule has 0 radical (unpaired) electrons. The Morgan fingerprint density at radius 3 is 2.77 bits per heavy atom. The first kappa shape index (κ1) is 31.1. The highest BCUT2D eigenvalue weighted by atomic mass is 35.5. The number of ether oxygens (including phenoxy) is 3. The molecule has 3 heterocycles. The molecule has 1 saturated heterocycles. The average Bonchev–Trinajstić information content (AvgIpc) is 3.53. The van der Waals surface area contributed by atoms with E-state index in [2.05, 4.69) is 16.5 Å². The number of nitrogens with zero attached hydrogens (tertiary/aromatic N) is 3. The van der Waals surface area contributed by atoms with Gasteiger partial charge in [0.25, 0.3) is 5.91 Å². The molecule has 4 aromatic rings. The van der Waals surface area contributed by atoms with Crippen molar-refractivity contribution in [3.8, 4) is 16.9 Å². The molecule has 242 valence electrons. The normalized spacial score (nSPS) is 19.4. The van der Waals surface area contributed by atoms with Gasteiger partial charge in [-0.15, -0.1) is 0 Å². The lowest BCUT2D eigenvalue weighted by molar-refractivity contribution is -0.139. The molecule has 1 N–H and O–H groups in total. The second-order valence-corrected chi connectivity index (χ2v) is 12.8. The molecule has 0 bridgehead atoms. The molecule has 2 amide bonds. The van der Waals surface area contributed by atoms with Gasteiger partial charge < -0.3 is 19.5 Å². The lowest BCUT2D eigenvalue weighted by Gasteiger charge is -2.29. The van der Waals surface area contributed by atoms with E-state index in [1.165, 1.54) is 0 Å². The molecule has 3 atom stereocenters. The Kier molecular flexibility index (Phi) is 8.55. The lowest BCUT2D eigenvalue weighted by atomic mass is 9.93. The summed E-state index contributed by atoms with van der Waals surface area (Å²) < 4.78 is 18.2. The van der Waals surface area contributed by atoms with Gasteiger partial charge >= 0.3 is 12.1 Å². The van der Waals surface area contributed by atoms with Crippen molar-refractivity contribution in [1.29, 1.82) is 0 Å². The van der Waals surface area contributed by atoms with Crippen LogP contribution in [-0.2, 0) is 20.8 Å². The topological polar surface area (TPSA) is 112 Å². The van der Waals surface area contributed by atoms with E-state index in [1.807, 2.05) is 37.4 Å². The van der Waals surface area contributed by atoms with Crippen molar-refractivity contribution in [3.05, 3.63) is 99.3 Å². The third-order valence-electron chi connectivity index (χ3n) is 8.91. The number of cyclic esters (lactones) is 1. The number of nitrogens with one attached hydrogen (secondary N) is 1. The van der Waals surface area contributed by atoms with E-state index in [4.69, 9.17) is 37.4 Å². The summed E-state index contributed by atoms with van der Waals surface area (Å²) in [5.41, 5.74) is 5.84. The van der Waals surface area contributed by atoms with Crippen molar-refractivity contribution in [1.82, 2.24) is 15.1 Å². The molecule has 3 aromatic carbocycles. The van der Waals surface area contributed by atoms with E-state index in [0.717, 1.165) is 34.4 Å². The molecule has 7 rings (SSSR count). The monoisotopic (exact) mass is 674 g/mol. The highest BCUT2D eigenvalue weighted by Crippen LogP contribution is 2.57. The van der Waals surface area contributed by atoms with Crippen LogP contribution >= 0.6 is 23.2 Å². The molecular formula is C35H32Cl2N4O6. The molecular weight excluding hydrogens is 643 g/mol. The van der Waals surface area contributed by atoms with Gasteiger partial charge in [0.2, 0.25) is 0 Å². The molecule has 12 heteroatoms. The summed E-state index contributed by atoms with van der Waals surface area (Å²) in [6.07, 6.45) is 4.79. The number of esters is 1. The van der Waals surface area contributed by atoms with E-state index in [-0.39, 0.29) is 19.1 Å². The summed E-state index contributed by atoms with van der Waals surface area (Å²) in [6, 6.07) is 15.8. The average molecular weight is 676 g/mol. The van der Waals surface area contributed by atoms with Crippen LogP contribution < -0.4 is 15.0 Å². The summed E-state index contributed by atoms with van der Waals surface area (Å²) in [5.74, 6) is 0.609. The Labute approximate surface area is 281 Å². The third-order valence-corrected chi connectivity index (χ3v) is 9.69. The van der Waals surface area contributed by atoms with E-state index in [1.54, 1.807) is 40.0 Å². The maximum Gasteiger partial charge on any atom is 0.414 e. The van der Waals surface area contributed by atoms with Crippen LogP contribution in [0.1, 0.15) is 45.8 Å². The summed E-state index contributed by atoms with van der Waals surface area (Å²) in [6.45, 7) is 3.45. The summed E-state index contributed by atoms with van der Waals surface area (Å²) in [4.78, 5) is 39.6. The number of aromatic nitrogens is 2. The van der Waals surface area contributed by atoms with Crippen molar-refractivity contribution >= 4 is 46.9 Å². The standard InChI is InChI=1S/C35H32Cl2N4O6/c1-20-27(36)5-3-7-31(20)45-12-13-47-35(44)41-19-22-15-26(22)32-25(4-2-6-30(32)41)24-16-38-40(18-24)17-23-14-21(8-9-28(23)37)33(42)39-29-10-11-46-34(29)43/h2-9,14,16,18,22,26,29H,10-13,15,17,19H2,1H3,(H,39,42)/t22-,26-,29-/m0/s1. The maximum atomic E-state index is 13.3. The Hall–Kier alpha value is -4.54. The molecule has 2 aliphatic heterocycles. The Morgan fingerprint density at radius 1 is 1.09 bits per heavy atom. The Morgan fingerprint density at radius 2 is 1.94 bits per heavy atom. The molecule has 47 heavy (non-hydrogen) atoms. The fourth-order valence-corrected chi connectivity index (χ4v) is 6.65. The van der Waals surface area contributed by atoms with Crippen LogP contribution in [-0.4, -0.2) is 60.2 Å². The van der Waals surface area contributed by atoms with Crippen molar-refractivity contribution in [2.24, 2.45) is 5.92 Å². The van der Waals surface area contributed by atoms with Crippen LogP contribution in [0.15, 0.2) is 67.0 Å². The van der Waals surface area contributed by atoms with Gasteiger partial charge in [0.15, 0.2) is 0 Å². The van der Waals surface area contributed by atoms with Crippen molar-refractivity contribution in [2.75, 3.05) is 31.3 Å². The number of carbonyl (C=O) groups is 3. The molecule has 3 aliphatic rings. The number of carbonyl (C=O) groups excluding carboxylic acids is 3. The van der Waals surface area contributed by atoms with Gasteiger partial charge in [0.05, 0.1) is 25.0 Å². The second kappa shape index (κ2) is 12.9. The van der Waals surface area contributed by atoms with Crippen LogP contribution in [0.5, 0.6) is 5.75 Å². The predicted octanol–water partition coefficient (Wildman–Crippen LogP) is 6.40. The minimum atomic E-state index is -0.644. The number of benzene rings is 3. The van der Waals surface area contributed by atoms with Crippen LogP contribution in [0.25, 0.3) is 11.1 Å². The molecule has 0 spiro atoms. The molecule has 2 fully saturated rings. The largest absolute Gasteiger partial charge is 0.490 e. The summed E-state index contributed by atoms with van der Waals surface area (Å²) in [5, 5.41) is 8.44. The fraction of sp³-hybridized carbons (Fsp3) is 0.314. The summed E-state index contributed by atoms with van der Waals surface area (Å²) >= 11 is 12.7. The molecule has 1 aliphatic carbocycles. The number of amides is 2. The number of anilines is 1. The molecule has 1 aromatic heterocycles. The fourth-order valence-electron chi connectivity index (χ4n) is 6.31.